The predicted molar refractivity (Wildman–Crippen MR) is 106 cm³/mol. The number of hydrogen-bond donors (Lipinski definition) is 0. The van der Waals surface area contributed by atoms with Gasteiger partial charge in [-0.1, -0.05) is 11.6 Å². The smallest absolute Gasteiger partial charge is 0.263 e. The molecule has 1 amide bonds. The summed E-state index contributed by atoms with van der Waals surface area (Å²) in [6.45, 7) is 4.64. The summed E-state index contributed by atoms with van der Waals surface area (Å²) in [5.41, 5.74) is 0.869. The Morgan fingerprint density at radius 1 is 1.21 bits per heavy atom. The van der Waals surface area contributed by atoms with Gasteiger partial charge in [0.05, 0.1) is 0 Å². The first-order valence-electron chi connectivity index (χ1n) is 8.91. The number of carbonyl (C=O) groups is 1. The number of amides is 1. The molecule has 1 fully saturated rings. The Bertz CT molecular complexity index is 945. The van der Waals surface area contributed by atoms with Crippen LogP contribution in [0.25, 0.3) is 0 Å². The average Bonchev–Trinajstić information content (AvgIpc) is 2.71. The lowest BCUT2D eigenvalue weighted by atomic mass is 10.2. The molecule has 1 aliphatic heterocycles. The molecule has 0 bridgehead atoms. The lowest BCUT2D eigenvalue weighted by molar-refractivity contribution is -0.139. The molecule has 7 nitrogen and oxygen atoms in total. The normalized spacial score (nSPS) is 16.6. The predicted octanol–water partition coefficient (Wildman–Crippen LogP) is 2.34. The van der Waals surface area contributed by atoms with Gasteiger partial charge in [0.15, 0.2) is 6.10 Å². The molecule has 0 N–H and O–H groups in total. The van der Waals surface area contributed by atoms with E-state index in [0.29, 0.717) is 23.9 Å². The molecular formula is C19H22ClN3O4S. The molecule has 2 aromatic rings. The third-order valence-electron chi connectivity index (χ3n) is 4.61. The Labute approximate surface area is 169 Å². The summed E-state index contributed by atoms with van der Waals surface area (Å²) < 4.78 is 32.4. The van der Waals surface area contributed by atoms with Crippen molar-refractivity contribution >= 4 is 27.5 Å². The molecule has 2 heterocycles. The molecule has 1 aromatic heterocycles. The molecule has 1 unspecified atom stereocenters. The van der Waals surface area contributed by atoms with Crippen molar-refractivity contribution in [2.45, 2.75) is 24.8 Å². The third kappa shape index (κ3) is 4.45. The molecule has 28 heavy (non-hydrogen) atoms. The van der Waals surface area contributed by atoms with Crippen molar-refractivity contribution in [3.63, 3.8) is 0 Å². The lowest BCUT2D eigenvalue weighted by Gasteiger charge is -2.35. The Morgan fingerprint density at radius 3 is 2.54 bits per heavy atom. The summed E-state index contributed by atoms with van der Waals surface area (Å²) >= 11 is 6.01. The van der Waals surface area contributed by atoms with Crippen LogP contribution in [0.4, 0.5) is 0 Å². The van der Waals surface area contributed by atoms with Gasteiger partial charge in [-0.3, -0.25) is 9.78 Å². The zero-order valence-electron chi connectivity index (χ0n) is 15.7. The number of carbonyl (C=O) groups excluding carboxylic acids is 1. The van der Waals surface area contributed by atoms with Crippen LogP contribution in [0.1, 0.15) is 12.5 Å². The number of piperazine rings is 1. The molecule has 1 atom stereocenters. The maximum Gasteiger partial charge on any atom is 0.263 e. The van der Waals surface area contributed by atoms with E-state index in [4.69, 9.17) is 16.3 Å². The quantitative estimate of drug-likeness (QED) is 0.737. The summed E-state index contributed by atoms with van der Waals surface area (Å²) in [5, 5.41) is 0.636. The van der Waals surface area contributed by atoms with Crippen LogP contribution in [-0.4, -0.2) is 60.8 Å². The van der Waals surface area contributed by atoms with Crippen LogP contribution < -0.4 is 4.74 Å². The van der Waals surface area contributed by atoms with Crippen molar-refractivity contribution in [3.8, 4) is 5.75 Å². The van der Waals surface area contributed by atoms with Crippen LogP contribution in [0.15, 0.2) is 47.6 Å². The molecule has 1 aliphatic rings. The van der Waals surface area contributed by atoms with Crippen molar-refractivity contribution in [1.82, 2.24) is 14.2 Å². The number of rotatable bonds is 5. The van der Waals surface area contributed by atoms with Gasteiger partial charge >= 0.3 is 0 Å². The largest absolute Gasteiger partial charge is 0.481 e. The standard InChI is InChI=1S/C19H22ClN3O4S/c1-14-12-16(5-6-18(14)20)27-15(2)19(24)22-8-10-23(11-9-22)28(25,26)17-4-3-7-21-13-17/h3-7,12-13,15H,8-11H2,1-2H3. The Hall–Kier alpha value is -2.16. The van der Waals surface area contributed by atoms with E-state index in [0.717, 1.165) is 5.56 Å². The van der Waals surface area contributed by atoms with Gasteiger partial charge in [0.25, 0.3) is 5.91 Å². The first-order valence-corrected chi connectivity index (χ1v) is 10.7. The molecule has 3 rings (SSSR count). The fourth-order valence-corrected chi connectivity index (χ4v) is 4.50. The van der Waals surface area contributed by atoms with Gasteiger partial charge in [0, 0.05) is 43.6 Å². The maximum atomic E-state index is 12.7. The van der Waals surface area contributed by atoms with Crippen LogP contribution >= 0.6 is 11.6 Å². The molecule has 0 radical (unpaired) electrons. The van der Waals surface area contributed by atoms with Gasteiger partial charge in [0.1, 0.15) is 10.6 Å². The highest BCUT2D eigenvalue weighted by molar-refractivity contribution is 7.89. The molecular weight excluding hydrogens is 402 g/mol. The van der Waals surface area contributed by atoms with Gasteiger partial charge in [-0.15, -0.1) is 0 Å². The first kappa shape index (κ1) is 20.6. The van der Waals surface area contributed by atoms with Crippen LogP contribution in [0.5, 0.6) is 5.75 Å². The first-order chi connectivity index (χ1) is 13.3. The van der Waals surface area contributed by atoms with E-state index in [1.807, 2.05) is 6.92 Å². The highest BCUT2D eigenvalue weighted by Gasteiger charge is 2.32. The van der Waals surface area contributed by atoms with Crippen molar-refractivity contribution in [2.75, 3.05) is 26.2 Å². The number of hydrogen-bond acceptors (Lipinski definition) is 5. The molecule has 150 valence electrons. The molecule has 1 saturated heterocycles. The number of nitrogens with zero attached hydrogens (tertiary/aromatic N) is 3. The average molecular weight is 424 g/mol. The minimum Gasteiger partial charge on any atom is -0.481 e. The summed E-state index contributed by atoms with van der Waals surface area (Å²) in [6, 6.07) is 8.33. The zero-order valence-corrected chi connectivity index (χ0v) is 17.3. The Balaban J connectivity index is 1.59. The van der Waals surface area contributed by atoms with E-state index >= 15 is 0 Å². The zero-order chi connectivity index (χ0) is 20.3. The number of sulfonamides is 1. The number of pyridine rings is 1. The second kappa shape index (κ2) is 8.46. The van der Waals surface area contributed by atoms with E-state index < -0.39 is 16.1 Å². The van der Waals surface area contributed by atoms with Gasteiger partial charge in [-0.25, -0.2) is 8.42 Å². The van der Waals surface area contributed by atoms with Crippen LogP contribution in [0.3, 0.4) is 0 Å². The van der Waals surface area contributed by atoms with Crippen LogP contribution in [-0.2, 0) is 14.8 Å². The minimum absolute atomic E-state index is 0.157. The third-order valence-corrected chi connectivity index (χ3v) is 6.92. The highest BCUT2D eigenvalue weighted by Crippen LogP contribution is 2.22. The number of aromatic nitrogens is 1. The number of halogens is 1. The molecule has 1 aromatic carbocycles. The van der Waals surface area contributed by atoms with Gasteiger partial charge < -0.3 is 9.64 Å². The van der Waals surface area contributed by atoms with Crippen molar-refractivity contribution < 1.29 is 17.9 Å². The van der Waals surface area contributed by atoms with E-state index in [-0.39, 0.29) is 23.9 Å². The summed E-state index contributed by atoms with van der Waals surface area (Å²) in [6.07, 6.45) is 2.18. The van der Waals surface area contributed by atoms with Crippen molar-refractivity contribution in [1.29, 1.82) is 0 Å². The van der Waals surface area contributed by atoms with Crippen LogP contribution in [0.2, 0.25) is 5.02 Å². The molecule has 0 aliphatic carbocycles. The second-order valence-electron chi connectivity index (χ2n) is 6.59. The fraction of sp³-hybridized carbons (Fsp3) is 0.368. The molecule has 9 heteroatoms. The highest BCUT2D eigenvalue weighted by atomic mass is 35.5. The monoisotopic (exact) mass is 423 g/mol. The van der Waals surface area contributed by atoms with E-state index in [2.05, 4.69) is 4.98 Å². The summed E-state index contributed by atoms with van der Waals surface area (Å²) in [5.74, 6) is 0.395. The fourth-order valence-electron chi connectivity index (χ4n) is 3.00. The minimum atomic E-state index is -3.60. The topological polar surface area (TPSA) is 79.8 Å². The Kier molecular flexibility index (Phi) is 6.22. The summed E-state index contributed by atoms with van der Waals surface area (Å²) in [7, 11) is -3.60. The number of aryl methyl sites for hydroxylation is 1. The van der Waals surface area contributed by atoms with Gasteiger partial charge in [-0.05, 0) is 49.7 Å². The van der Waals surface area contributed by atoms with E-state index in [9.17, 15) is 13.2 Å². The van der Waals surface area contributed by atoms with Crippen molar-refractivity contribution in [2.24, 2.45) is 0 Å². The van der Waals surface area contributed by atoms with E-state index in [1.54, 1.807) is 36.1 Å². The van der Waals surface area contributed by atoms with Gasteiger partial charge in [0.2, 0.25) is 10.0 Å². The van der Waals surface area contributed by atoms with Crippen molar-refractivity contribution in [3.05, 3.63) is 53.3 Å². The Morgan fingerprint density at radius 2 is 1.93 bits per heavy atom. The summed E-state index contributed by atoms with van der Waals surface area (Å²) in [4.78, 5) is 18.3. The molecule has 0 saturated carbocycles. The number of ether oxygens (including phenoxy) is 1. The SMILES string of the molecule is Cc1cc(OC(C)C(=O)N2CCN(S(=O)(=O)c3cccnc3)CC2)ccc1Cl. The molecule has 0 spiro atoms. The van der Waals surface area contributed by atoms with Crippen LogP contribution in [0, 0.1) is 6.92 Å². The number of benzene rings is 1. The maximum absolute atomic E-state index is 12.7. The van der Waals surface area contributed by atoms with E-state index in [1.165, 1.54) is 22.8 Å². The van der Waals surface area contributed by atoms with Gasteiger partial charge in [-0.2, -0.15) is 4.31 Å². The second-order valence-corrected chi connectivity index (χ2v) is 8.93. The lowest BCUT2D eigenvalue weighted by Crippen LogP contribution is -2.53.